The van der Waals surface area contributed by atoms with Gasteiger partial charge in [0.25, 0.3) is 0 Å². The molecule has 1 fully saturated rings. The molecule has 0 bridgehead atoms. The Labute approximate surface area is 142 Å². The molecule has 1 saturated carbocycles. The monoisotopic (exact) mass is 335 g/mol. The molecule has 132 valence electrons. The molecule has 1 aliphatic carbocycles. The van der Waals surface area contributed by atoms with Crippen molar-refractivity contribution in [2.45, 2.75) is 38.3 Å². The molecule has 0 radical (unpaired) electrons. The maximum absolute atomic E-state index is 14.9. The van der Waals surface area contributed by atoms with Gasteiger partial charge in [0.2, 0.25) is 0 Å². The van der Waals surface area contributed by atoms with Crippen LogP contribution in [0.2, 0.25) is 0 Å². The van der Waals surface area contributed by atoms with Gasteiger partial charge in [0.05, 0.1) is 24.2 Å². The summed E-state index contributed by atoms with van der Waals surface area (Å²) in [6.07, 6.45) is 4.56. The van der Waals surface area contributed by atoms with Gasteiger partial charge in [0, 0.05) is 31.4 Å². The number of hydrogen-bond acceptors (Lipinski definition) is 6. The molecule has 2 rings (SSSR count). The zero-order chi connectivity index (χ0) is 17.4. The number of rotatable bonds is 11. The van der Waals surface area contributed by atoms with Crippen LogP contribution in [-0.4, -0.2) is 43.0 Å². The Bertz CT molecular complexity index is 559. The van der Waals surface area contributed by atoms with Gasteiger partial charge in [0.1, 0.15) is 0 Å². The predicted molar refractivity (Wildman–Crippen MR) is 93.2 cm³/mol. The summed E-state index contributed by atoms with van der Waals surface area (Å²) in [5.41, 5.74) is 3.46. The van der Waals surface area contributed by atoms with Gasteiger partial charge < -0.3 is 20.9 Å². The van der Waals surface area contributed by atoms with E-state index in [-0.39, 0.29) is 17.5 Å². The van der Waals surface area contributed by atoms with Crippen molar-refractivity contribution in [2.75, 3.05) is 20.2 Å². The number of hydroxylamine groups is 1. The minimum Gasteiger partial charge on any atom is -0.381 e. The van der Waals surface area contributed by atoms with E-state index in [1.54, 1.807) is 31.5 Å². The molecule has 1 atom stereocenters. The first-order chi connectivity index (χ1) is 11.6. The van der Waals surface area contributed by atoms with Gasteiger partial charge in [-0.1, -0.05) is 6.07 Å². The summed E-state index contributed by atoms with van der Waals surface area (Å²) in [5, 5.41) is 14.5. The molecule has 0 amide bonds. The summed E-state index contributed by atoms with van der Waals surface area (Å²) < 4.78 is 14.9. The Morgan fingerprint density at radius 1 is 1.42 bits per heavy atom. The van der Waals surface area contributed by atoms with E-state index in [1.807, 2.05) is 6.92 Å². The van der Waals surface area contributed by atoms with E-state index in [9.17, 15) is 4.39 Å². The molecular formula is C17H26FN5O. The highest BCUT2D eigenvalue weighted by molar-refractivity contribution is 6.05. The molecular weight excluding hydrogens is 309 g/mol. The van der Waals surface area contributed by atoms with E-state index in [2.05, 4.69) is 21.1 Å². The Balaban J connectivity index is 2.08. The number of aromatic nitrogens is 1. The van der Waals surface area contributed by atoms with Crippen LogP contribution in [0.25, 0.3) is 5.70 Å². The number of pyridine rings is 1. The third-order valence-electron chi connectivity index (χ3n) is 3.77. The lowest BCUT2D eigenvalue weighted by atomic mass is 10.1. The van der Waals surface area contributed by atoms with Crippen molar-refractivity contribution in [3.05, 3.63) is 35.9 Å². The molecule has 0 aliphatic heterocycles. The third kappa shape index (κ3) is 5.67. The van der Waals surface area contributed by atoms with Gasteiger partial charge in [-0.05, 0) is 38.3 Å². The summed E-state index contributed by atoms with van der Waals surface area (Å²) in [6, 6.07) is 5.41. The lowest BCUT2D eigenvalue weighted by Gasteiger charge is -2.17. The van der Waals surface area contributed by atoms with Crippen LogP contribution in [0.15, 0.2) is 30.2 Å². The lowest BCUT2D eigenvalue weighted by molar-refractivity contribution is 0.0912. The Morgan fingerprint density at radius 3 is 2.83 bits per heavy atom. The Hall–Kier alpha value is -1.83. The fraction of sp³-hybridized carbons (Fsp3) is 0.529. The molecule has 7 heteroatoms. The summed E-state index contributed by atoms with van der Waals surface area (Å²) in [6.45, 7) is 3.02. The summed E-state index contributed by atoms with van der Waals surface area (Å²) in [5.74, 6) is -0.561. The minimum absolute atomic E-state index is 0.0509. The number of nitrogens with one attached hydrogen (secondary N) is 4. The number of hydrogen-bond donors (Lipinski definition) is 4. The zero-order valence-corrected chi connectivity index (χ0v) is 14.2. The van der Waals surface area contributed by atoms with E-state index >= 15 is 0 Å². The lowest BCUT2D eigenvalue weighted by Crippen LogP contribution is -2.36. The van der Waals surface area contributed by atoms with Crippen LogP contribution in [0.3, 0.4) is 0 Å². The van der Waals surface area contributed by atoms with Crippen LogP contribution >= 0.6 is 0 Å². The summed E-state index contributed by atoms with van der Waals surface area (Å²) in [4.78, 5) is 8.99. The molecule has 1 aromatic rings. The van der Waals surface area contributed by atoms with E-state index < -0.39 is 5.83 Å². The molecule has 1 aliphatic rings. The zero-order valence-electron chi connectivity index (χ0n) is 14.2. The van der Waals surface area contributed by atoms with Crippen molar-refractivity contribution >= 4 is 11.4 Å². The Morgan fingerprint density at radius 2 is 2.21 bits per heavy atom. The molecule has 1 aromatic heterocycles. The topological polar surface area (TPSA) is 82.1 Å². The van der Waals surface area contributed by atoms with Gasteiger partial charge in [-0.15, -0.1) is 0 Å². The second-order valence-electron chi connectivity index (χ2n) is 5.86. The fourth-order valence-corrected chi connectivity index (χ4v) is 2.28. The first kappa shape index (κ1) is 18.5. The van der Waals surface area contributed by atoms with Crippen LogP contribution in [-0.2, 0) is 4.84 Å². The van der Waals surface area contributed by atoms with Gasteiger partial charge in [-0.2, -0.15) is 0 Å². The molecule has 24 heavy (non-hydrogen) atoms. The molecule has 1 unspecified atom stereocenters. The van der Waals surface area contributed by atoms with E-state index in [0.29, 0.717) is 24.8 Å². The van der Waals surface area contributed by atoms with Gasteiger partial charge in [-0.3, -0.25) is 4.98 Å². The molecule has 1 heterocycles. The van der Waals surface area contributed by atoms with Crippen molar-refractivity contribution < 1.29 is 9.23 Å². The van der Waals surface area contributed by atoms with Crippen molar-refractivity contribution in [3.8, 4) is 0 Å². The first-order valence-corrected chi connectivity index (χ1v) is 8.29. The van der Waals surface area contributed by atoms with E-state index in [1.165, 1.54) is 0 Å². The van der Waals surface area contributed by atoms with Crippen LogP contribution in [0, 0.1) is 5.41 Å². The van der Waals surface area contributed by atoms with Crippen LogP contribution in [0.1, 0.15) is 31.9 Å². The standard InChI is InChI=1S/C17H26FN5O/c1-12(23-13-7-8-13)16(19)15(18)17(14-6-3-4-9-20-14)21-10-5-11-22-24-2/h3-4,6,9,12-13,19,21-23H,5,7-8,10-11H2,1-2H3/b17-15+,19-16?. The van der Waals surface area contributed by atoms with Crippen molar-refractivity contribution in [1.82, 2.24) is 21.1 Å². The van der Waals surface area contributed by atoms with Crippen LogP contribution in [0.5, 0.6) is 0 Å². The molecule has 6 nitrogen and oxygen atoms in total. The second-order valence-corrected chi connectivity index (χ2v) is 5.86. The first-order valence-electron chi connectivity index (χ1n) is 8.29. The highest BCUT2D eigenvalue weighted by atomic mass is 19.1. The Kier molecular flexibility index (Phi) is 7.30. The molecule has 0 spiro atoms. The molecule has 4 N–H and O–H groups in total. The van der Waals surface area contributed by atoms with Crippen molar-refractivity contribution in [2.24, 2.45) is 0 Å². The van der Waals surface area contributed by atoms with E-state index in [4.69, 9.17) is 10.2 Å². The predicted octanol–water partition coefficient (Wildman–Crippen LogP) is 2.01. The van der Waals surface area contributed by atoms with Crippen LogP contribution in [0.4, 0.5) is 4.39 Å². The largest absolute Gasteiger partial charge is 0.381 e. The van der Waals surface area contributed by atoms with Crippen molar-refractivity contribution in [1.29, 1.82) is 5.41 Å². The van der Waals surface area contributed by atoms with Gasteiger partial charge in [0.15, 0.2) is 5.83 Å². The SMILES string of the molecule is CONCCCN/C(=C(/F)C(=N)C(C)NC1CC1)c1ccccn1. The number of nitrogens with zero attached hydrogens (tertiary/aromatic N) is 1. The fourth-order valence-electron chi connectivity index (χ4n) is 2.28. The quantitative estimate of drug-likeness (QED) is 0.282. The molecule has 0 saturated heterocycles. The second kappa shape index (κ2) is 9.46. The maximum Gasteiger partial charge on any atom is 0.170 e. The van der Waals surface area contributed by atoms with Gasteiger partial charge in [-0.25, -0.2) is 9.87 Å². The average Bonchev–Trinajstić information content (AvgIpc) is 3.41. The normalized spacial score (nSPS) is 16.5. The minimum atomic E-state index is -0.561. The summed E-state index contributed by atoms with van der Waals surface area (Å²) in [7, 11) is 1.56. The van der Waals surface area contributed by atoms with Gasteiger partial charge >= 0.3 is 0 Å². The smallest absolute Gasteiger partial charge is 0.170 e. The third-order valence-corrected chi connectivity index (χ3v) is 3.77. The van der Waals surface area contributed by atoms with Crippen LogP contribution < -0.4 is 16.1 Å². The highest BCUT2D eigenvalue weighted by Gasteiger charge is 2.27. The average molecular weight is 335 g/mol. The highest BCUT2D eigenvalue weighted by Crippen LogP contribution is 2.22. The number of halogens is 1. The maximum atomic E-state index is 14.9. The summed E-state index contributed by atoms with van der Waals surface area (Å²) >= 11 is 0. The van der Waals surface area contributed by atoms with Crippen molar-refractivity contribution in [3.63, 3.8) is 0 Å². The van der Waals surface area contributed by atoms with E-state index in [0.717, 1.165) is 19.3 Å². The molecule has 0 aromatic carbocycles.